The van der Waals surface area contributed by atoms with Gasteiger partial charge in [0.25, 0.3) is 5.91 Å². The minimum Gasteiger partial charge on any atom is -0.496 e. The van der Waals surface area contributed by atoms with Crippen LogP contribution in [0, 0.1) is 0 Å². The van der Waals surface area contributed by atoms with E-state index >= 15 is 0 Å². The molecule has 22 heavy (non-hydrogen) atoms. The Morgan fingerprint density at radius 1 is 1.18 bits per heavy atom. The SMILES string of the molecule is COc1ccccc1C(=O)N[C@H](C)c1nc2ccccc2[nH]1. The Balaban J connectivity index is 1.81. The number of carbonyl (C=O) groups excluding carboxylic acids is 1. The molecule has 5 heteroatoms. The molecule has 0 aliphatic rings. The molecule has 112 valence electrons. The summed E-state index contributed by atoms with van der Waals surface area (Å²) in [5, 5.41) is 2.94. The Morgan fingerprint density at radius 2 is 1.91 bits per heavy atom. The van der Waals surface area contributed by atoms with Crippen LogP contribution in [-0.2, 0) is 0 Å². The van der Waals surface area contributed by atoms with Crippen molar-refractivity contribution in [2.45, 2.75) is 13.0 Å². The molecule has 0 saturated carbocycles. The fraction of sp³-hybridized carbons (Fsp3) is 0.176. The second-order valence-corrected chi connectivity index (χ2v) is 5.03. The quantitative estimate of drug-likeness (QED) is 0.777. The zero-order valence-electron chi connectivity index (χ0n) is 12.5. The first-order valence-corrected chi connectivity index (χ1v) is 7.07. The van der Waals surface area contributed by atoms with E-state index in [0.29, 0.717) is 11.3 Å². The summed E-state index contributed by atoms with van der Waals surface area (Å²) in [5.74, 6) is 1.09. The monoisotopic (exact) mass is 295 g/mol. The number of imidazole rings is 1. The molecule has 0 fully saturated rings. The first-order chi connectivity index (χ1) is 10.7. The predicted octanol–water partition coefficient (Wildman–Crippen LogP) is 3.06. The molecule has 0 saturated heterocycles. The molecular weight excluding hydrogens is 278 g/mol. The minimum absolute atomic E-state index is 0.189. The van der Waals surface area contributed by atoms with Crippen molar-refractivity contribution in [2.24, 2.45) is 0 Å². The summed E-state index contributed by atoms with van der Waals surface area (Å²) in [7, 11) is 1.55. The predicted molar refractivity (Wildman–Crippen MR) is 85.0 cm³/mol. The van der Waals surface area contributed by atoms with Crippen LogP contribution in [0.5, 0.6) is 5.75 Å². The lowest BCUT2D eigenvalue weighted by atomic mass is 10.1. The highest BCUT2D eigenvalue weighted by Crippen LogP contribution is 2.19. The Morgan fingerprint density at radius 3 is 2.68 bits per heavy atom. The molecule has 2 aromatic carbocycles. The summed E-state index contributed by atoms with van der Waals surface area (Å²) >= 11 is 0. The van der Waals surface area contributed by atoms with Gasteiger partial charge in [-0.05, 0) is 31.2 Å². The van der Waals surface area contributed by atoms with E-state index < -0.39 is 0 Å². The second-order valence-electron chi connectivity index (χ2n) is 5.03. The second kappa shape index (κ2) is 5.89. The average Bonchev–Trinajstić information content (AvgIpc) is 2.99. The number of carbonyl (C=O) groups is 1. The smallest absolute Gasteiger partial charge is 0.255 e. The van der Waals surface area contributed by atoms with Gasteiger partial charge in [-0.1, -0.05) is 24.3 Å². The molecule has 1 aromatic heterocycles. The van der Waals surface area contributed by atoms with Crippen LogP contribution in [0.25, 0.3) is 11.0 Å². The van der Waals surface area contributed by atoms with Crippen LogP contribution in [0.4, 0.5) is 0 Å². The maximum Gasteiger partial charge on any atom is 0.255 e. The normalized spacial score (nSPS) is 12.1. The zero-order chi connectivity index (χ0) is 15.5. The third-order valence-corrected chi connectivity index (χ3v) is 3.52. The molecule has 0 spiro atoms. The van der Waals surface area contributed by atoms with E-state index in [1.54, 1.807) is 19.2 Å². The summed E-state index contributed by atoms with van der Waals surface area (Å²) in [5.41, 5.74) is 2.35. The molecule has 3 rings (SSSR count). The number of nitrogens with zero attached hydrogens (tertiary/aromatic N) is 1. The number of amides is 1. The van der Waals surface area contributed by atoms with Gasteiger partial charge in [-0.3, -0.25) is 4.79 Å². The molecule has 0 aliphatic heterocycles. The average molecular weight is 295 g/mol. The number of aromatic nitrogens is 2. The molecule has 3 aromatic rings. The molecule has 1 atom stereocenters. The number of ether oxygens (including phenoxy) is 1. The van der Waals surface area contributed by atoms with Crippen LogP contribution in [0.3, 0.4) is 0 Å². The van der Waals surface area contributed by atoms with Crippen LogP contribution in [0.2, 0.25) is 0 Å². The number of aromatic amines is 1. The van der Waals surface area contributed by atoms with Crippen molar-refractivity contribution in [3.8, 4) is 5.75 Å². The first kappa shape index (κ1) is 14.1. The third-order valence-electron chi connectivity index (χ3n) is 3.52. The van der Waals surface area contributed by atoms with Gasteiger partial charge in [0.2, 0.25) is 0 Å². The molecular formula is C17H17N3O2. The van der Waals surface area contributed by atoms with Crippen LogP contribution in [0.1, 0.15) is 29.1 Å². The number of hydrogen-bond donors (Lipinski definition) is 2. The van der Waals surface area contributed by atoms with Crippen molar-refractivity contribution >= 4 is 16.9 Å². The third kappa shape index (κ3) is 2.65. The Kier molecular flexibility index (Phi) is 3.78. The Hall–Kier alpha value is -2.82. The molecule has 0 bridgehead atoms. The fourth-order valence-electron chi connectivity index (χ4n) is 2.35. The lowest BCUT2D eigenvalue weighted by Crippen LogP contribution is -2.27. The summed E-state index contributed by atoms with van der Waals surface area (Å²) in [6, 6.07) is 14.7. The van der Waals surface area contributed by atoms with Gasteiger partial charge in [-0.15, -0.1) is 0 Å². The van der Waals surface area contributed by atoms with Gasteiger partial charge in [-0.25, -0.2) is 4.98 Å². The van der Waals surface area contributed by atoms with Crippen molar-refractivity contribution in [1.82, 2.24) is 15.3 Å². The first-order valence-electron chi connectivity index (χ1n) is 7.07. The van der Waals surface area contributed by atoms with Crippen molar-refractivity contribution in [3.05, 3.63) is 59.9 Å². The van der Waals surface area contributed by atoms with Gasteiger partial charge in [0, 0.05) is 0 Å². The van der Waals surface area contributed by atoms with E-state index in [4.69, 9.17) is 4.74 Å². The van der Waals surface area contributed by atoms with Crippen molar-refractivity contribution in [1.29, 1.82) is 0 Å². The van der Waals surface area contributed by atoms with Gasteiger partial charge < -0.3 is 15.0 Å². The van der Waals surface area contributed by atoms with Crippen molar-refractivity contribution in [2.75, 3.05) is 7.11 Å². The molecule has 5 nitrogen and oxygen atoms in total. The maximum absolute atomic E-state index is 12.4. The van der Waals surface area contributed by atoms with Crippen molar-refractivity contribution < 1.29 is 9.53 Å². The molecule has 1 heterocycles. The van der Waals surface area contributed by atoms with Gasteiger partial charge in [0.05, 0.1) is 29.7 Å². The fourth-order valence-corrected chi connectivity index (χ4v) is 2.35. The topological polar surface area (TPSA) is 67.0 Å². The highest BCUT2D eigenvalue weighted by atomic mass is 16.5. The van der Waals surface area contributed by atoms with E-state index in [-0.39, 0.29) is 11.9 Å². The number of hydrogen-bond acceptors (Lipinski definition) is 3. The lowest BCUT2D eigenvalue weighted by Gasteiger charge is -2.13. The van der Waals surface area contributed by atoms with Crippen molar-refractivity contribution in [3.63, 3.8) is 0 Å². The van der Waals surface area contributed by atoms with Crippen LogP contribution >= 0.6 is 0 Å². The molecule has 0 unspecified atom stereocenters. The van der Waals surface area contributed by atoms with Crippen LogP contribution < -0.4 is 10.1 Å². The highest BCUT2D eigenvalue weighted by molar-refractivity contribution is 5.97. The summed E-state index contributed by atoms with van der Waals surface area (Å²) in [6.45, 7) is 1.89. The zero-order valence-corrected chi connectivity index (χ0v) is 12.5. The number of benzene rings is 2. The standard InChI is InChI=1S/C17H17N3O2/c1-11(16-19-13-8-4-5-9-14(13)20-16)18-17(21)12-7-3-6-10-15(12)22-2/h3-11H,1-2H3,(H,18,21)(H,19,20)/t11-/m1/s1. The van der Waals surface area contributed by atoms with E-state index in [0.717, 1.165) is 16.9 Å². The van der Waals surface area contributed by atoms with E-state index in [1.807, 2.05) is 43.3 Å². The number of para-hydroxylation sites is 3. The van der Waals surface area contributed by atoms with E-state index in [2.05, 4.69) is 15.3 Å². The molecule has 1 amide bonds. The largest absolute Gasteiger partial charge is 0.496 e. The van der Waals surface area contributed by atoms with Gasteiger partial charge in [0.1, 0.15) is 11.6 Å². The molecule has 0 aliphatic carbocycles. The number of H-pyrrole nitrogens is 1. The van der Waals surface area contributed by atoms with E-state index in [9.17, 15) is 4.79 Å². The summed E-state index contributed by atoms with van der Waals surface area (Å²) in [4.78, 5) is 20.1. The Labute approximate surface area is 128 Å². The van der Waals surface area contributed by atoms with E-state index in [1.165, 1.54) is 0 Å². The summed E-state index contributed by atoms with van der Waals surface area (Å²) in [6.07, 6.45) is 0. The summed E-state index contributed by atoms with van der Waals surface area (Å²) < 4.78 is 5.22. The van der Waals surface area contributed by atoms with Gasteiger partial charge >= 0.3 is 0 Å². The highest BCUT2D eigenvalue weighted by Gasteiger charge is 2.17. The number of rotatable bonds is 4. The number of fused-ring (bicyclic) bond motifs is 1. The minimum atomic E-state index is -0.232. The maximum atomic E-state index is 12.4. The number of nitrogens with one attached hydrogen (secondary N) is 2. The lowest BCUT2D eigenvalue weighted by molar-refractivity contribution is 0.0935. The van der Waals surface area contributed by atoms with Crippen LogP contribution in [-0.4, -0.2) is 23.0 Å². The molecule has 2 N–H and O–H groups in total. The number of methoxy groups -OCH3 is 1. The van der Waals surface area contributed by atoms with Gasteiger partial charge in [0.15, 0.2) is 0 Å². The molecule has 0 radical (unpaired) electrons. The van der Waals surface area contributed by atoms with Crippen LogP contribution in [0.15, 0.2) is 48.5 Å². The Bertz CT molecular complexity index is 777. The van der Waals surface area contributed by atoms with Gasteiger partial charge in [-0.2, -0.15) is 0 Å².